The van der Waals surface area contributed by atoms with Gasteiger partial charge in [0.25, 0.3) is 5.56 Å². The summed E-state index contributed by atoms with van der Waals surface area (Å²) in [6.45, 7) is 11.6. The third kappa shape index (κ3) is 11.5. The standard InChI is InChI=1S/C48H62N6O12/c1-7-10-11-13-31(20-34(57)26-63-25-33(56)14-12-18-62-19-17-53-23-30(6)51-52-53)44(58)50-41(29(4)5)28-65-47(61)66-48(9-3)39-22-42-43-37(24-54(42)45(59)38(39)27-64-46(48)60)35(8-2)36-21-32(55)15-16-40(36)49-43/h15-16,21-23,29,31,41,55H,7-14,17-20,24-28H2,1-6H3,(H,50,58). The number of phenolic OH excluding ortho intramolecular Hbond substituents is 1. The molecule has 2 N–H and O–H groups in total. The van der Waals surface area contributed by atoms with Crippen molar-refractivity contribution in [2.75, 3.05) is 33.0 Å². The number of unbranched alkanes of at least 4 members (excludes halogenated alkanes) is 2. The number of pyridine rings is 2. The zero-order chi connectivity index (χ0) is 47.5. The van der Waals surface area contributed by atoms with Crippen molar-refractivity contribution in [1.29, 1.82) is 0 Å². The number of aromatic hydroxyl groups is 1. The molecule has 18 nitrogen and oxygen atoms in total. The van der Waals surface area contributed by atoms with E-state index in [0.29, 0.717) is 62.3 Å². The van der Waals surface area contributed by atoms with Gasteiger partial charge in [-0.05, 0) is 68.4 Å². The van der Waals surface area contributed by atoms with E-state index in [4.69, 9.17) is 28.7 Å². The number of aromatic nitrogens is 5. The molecule has 5 heterocycles. The number of cyclic esters (lactones) is 1. The van der Waals surface area contributed by atoms with E-state index >= 15 is 0 Å². The number of esters is 1. The normalized spacial score (nSPS) is 16.0. The molecule has 6 rings (SSSR count). The van der Waals surface area contributed by atoms with Gasteiger partial charge < -0.3 is 38.7 Å². The van der Waals surface area contributed by atoms with E-state index in [2.05, 4.69) is 15.6 Å². The van der Waals surface area contributed by atoms with Crippen molar-refractivity contribution >= 4 is 40.5 Å². The predicted molar refractivity (Wildman–Crippen MR) is 240 cm³/mol. The van der Waals surface area contributed by atoms with Crippen molar-refractivity contribution in [3.63, 3.8) is 0 Å². The summed E-state index contributed by atoms with van der Waals surface area (Å²) >= 11 is 0. The molecule has 3 unspecified atom stereocenters. The molecule has 4 aromatic rings. The maximum absolute atomic E-state index is 14.1. The summed E-state index contributed by atoms with van der Waals surface area (Å²) in [4.78, 5) is 85.5. The van der Waals surface area contributed by atoms with Gasteiger partial charge >= 0.3 is 12.1 Å². The Hall–Kier alpha value is -6.01. The molecule has 18 heteroatoms. The number of carbonyl (C=O) groups excluding carboxylic acids is 5. The average molecular weight is 915 g/mol. The first kappa shape index (κ1) is 49.4. The smallest absolute Gasteiger partial charge is 0.508 e. The van der Waals surface area contributed by atoms with Crippen LogP contribution in [-0.2, 0) is 74.6 Å². The van der Waals surface area contributed by atoms with Gasteiger partial charge in [-0.2, -0.15) is 0 Å². The number of aryl methyl sites for hydroxylation is 2. The van der Waals surface area contributed by atoms with Crippen molar-refractivity contribution in [2.45, 2.75) is 131 Å². The van der Waals surface area contributed by atoms with Gasteiger partial charge in [-0.15, -0.1) is 5.10 Å². The minimum absolute atomic E-state index is 0.0783. The van der Waals surface area contributed by atoms with Crippen LogP contribution in [0, 0.1) is 18.8 Å². The summed E-state index contributed by atoms with van der Waals surface area (Å²) in [5.74, 6) is -2.54. The molecule has 356 valence electrons. The van der Waals surface area contributed by atoms with Gasteiger partial charge in [0.1, 0.15) is 32.2 Å². The summed E-state index contributed by atoms with van der Waals surface area (Å²) < 4.78 is 31.2. The van der Waals surface area contributed by atoms with Crippen molar-refractivity contribution in [2.24, 2.45) is 11.8 Å². The minimum atomic E-state index is -2.01. The van der Waals surface area contributed by atoms with Crippen LogP contribution in [-0.4, -0.2) is 98.3 Å². The van der Waals surface area contributed by atoms with Crippen LogP contribution in [0.5, 0.6) is 5.75 Å². The van der Waals surface area contributed by atoms with Crippen LogP contribution >= 0.6 is 0 Å². The molecule has 0 radical (unpaired) electrons. The molecule has 2 aliphatic heterocycles. The Labute approximate surface area is 383 Å². The molecule has 1 amide bonds. The number of fused-ring (bicyclic) bond motifs is 5. The van der Waals surface area contributed by atoms with Gasteiger partial charge in [-0.1, -0.05) is 59.1 Å². The molecule has 2 aliphatic rings. The molecule has 0 fully saturated rings. The molecule has 1 aromatic carbocycles. The first-order valence-corrected chi connectivity index (χ1v) is 23.0. The second kappa shape index (κ2) is 22.5. The maximum atomic E-state index is 14.1. The first-order chi connectivity index (χ1) is 31.7. The van der Waals surface area contributed by atoms with Crippen molar-refractivity contribution in [3.05, 3.63) is 68.8 Å². The number of rotatable bonds is 25. The Morgan fingerprint density at radius 3 is 2.48 bits per heavy atom. The van der Waals surface area contributed by atoms with Crippen molar-refractivity contribution < 1.29 is 52.8 Å². The SMILES string of the molecule is CCCCCC(CC(=O)COCC(=O)CCCOCCn1cc(C)nn1)C(=O)NC(COC(=O)OC1(CC)C(=O)OCc2c1cc1n(c2=O)Cc2c-1nc1ccc(O)cc1c2CC)C(C)C. The van der Waals surface area contributed by atoms with E-state index in [0.717, 1.165) is 35.0 Å². The number of Topliss-reactive ketones (excluding diaryl/α,β-unsaturated/α-hetero) is 2. The van der Waals surface area contributed by atoms with E-state index in [-0.39, 0.29) is 92.5 Å². The molecule has 0 saturated carbocycles. The lowest BCUT2D eigenvalue weighted by Gasteiger charge is -2.35. The number of amides is 1. The second-order valence-electron chi connectivity index (χ2n) is 17.4. The first-order valence-electron chi connectivity index (χ1n) is 23.0. The Balaban J connectivity index is 1.05. The Morgan fingerprint density at radius 2 is 1.77 bits per heavy atom. The lowest BCUT2D eigenvalue weighted by Crippen LogP contribution is -2.48. The number of carbonyl (C=O) groups is 5. The quantitative estimate of drug-likeness (QED) is 0.0522. The molecule has 0 saturated heterocycles. The Bertz CT molecular complexity index is 2480. The van der Waals surface area contributed by atoms with Gasteiger partial charge in [0, 0.05) is 48.1 Å². The van der Waals surface area contributed by atoms with Crippen LogP contribution < -0.4 is 10.9 Å². The van der Waals surface area contributed by atoms with Crippen LogP contribution in [0.15, 0.2) is 35.3 Å². The molecule has 0 spiro atoms. The largest absolute Gasteiger partial charge is 0.509 e. The predicted octanol–water partition coefficient (Wildman–Crippen LogP) is 5.79. The topological polar surface area (TPSA) is 229 Å². The molecule has 3 atom stereocenters. The number of hydrogen-bond acceptors (Lipinski definition) is 15. The lowest BCUT2D eigenvalue weighted by atomic mass is 9.85. The number of hydrogen-bond donors (Lipinski definition) is 2. The second-order valence-corrected chi connectivity index (χ2v) is 17.4. The highest BCUT2D eigenvalue weighted by atomic mass is 16.7. The summed E-state index contributed by atoms with van der Waals surface area (Å²) in [6, 6.07) is 5.89. The molecule has 3 aromatic heterocycles. The van der Waals surface area contributed by atoms with E-state index in [1.54, 1.807) is 40.4 Å². The van der Waals surface area contributed by atoms with Gasteiger partial charge in [-0.25, -0.2) is 19.3 Å². The highest BCUT2D eigenvalue weighted by Gasteiger charge is 2.51. The van der Waals surface area contributed by atoms with Crippen LogP contribution in [0.2, 0.25) is 0 Å². The van der Waals surface area contributed by atoms with Crippen LogP contribution in [0.3, 0.4) is 0 Å². The lowest BCUT2D eigenvalue weighted by molar-refractivity contribution is -0.175. The monoisotopic (exact) mass is 914 g/mol. The van der Waals surface area contributed by atoms with Crippen LogP contribution in [0.1, 0.15) is 114 Å². The number of nitrogens with zero attached hydrogens (tertiary/aromatic N) is 5. The summed E-state index contributed by atoms with van der Waals surface area (Å²) in [6.07, 6.45) is 4.72. The fourth-order valence-corrected chi connectivity index (χ4v) is 8.53. The van der Waals surface area contributed by atoms with Gasteiger partial charge in [-0.3, -0.25) is 19.2 Å². The van der Waals surface area contributed by atoms with Crippen LogP contribution in [0.4, 0.5) is 4.79 Å². The van der Waals surface area contributed by atoms with E-state index in [1.807, 2.05) is 40.8 Å². The third-order valence-electron chi connectivity index (χ3n) is 12.3. The zero-order valence-corrected chi connectivity index (χ0v) is 38.8. The number of phenols is 1. The Kier molecular flexibility index (Phi) is 16.8. The van der Waals surface area contributed by atoms with Gasteiger partial charge in [0.2, 0.25) is 11.5 Å². The zero-order valence-electron chi connectivity index (χ0n) is 38.8. The average Bonchev–Trinajstić information content (AvgIpc) is 3.88. The summed E-state index contributed by atoms with van der Waals surface area (Å²) in [7, 11) is 0. The minimum Gasteiger partial charge on any atom is -0.508 e. The highest BCUT2D eigenvalue weighted by Crippen LogP contribution is 2.42. The van der Waals surface area contributed by atoms with E-state index < -0.39 is 35.2 Å². The van der Waals surface area contributed by atoms with Crippen molar-refractivity contribution in [1.82, 2.24) is 29.9 Å². The number of nitrogens with one attached hydrogen (secondary N) is 1. The molecule has 0 bridgehead atoms. The summed E-state index contributed by atoms with van der Waals surface area (Å²) in [5, 5.41) is 21.8. The van der Waals surface area contributed by atoms with Gasteiger partial charge in [0.15, 0.2) is 11.6 Å². The molecule has 66 heavy (non-hydrogen) atoms. The fraction of sp³-hybridized carbons (Fsp3) is 0.562. The summed E-state index contributed by atoms with van der Waals surface area (Å²) in [5.41, 5.74) is 2.16. The number of ketones is 2. The molecule has 0 aliphatic carbocycles. The van der Waals surface area contributed by atoms with Gasteiger partial charge in [0.05, 0.1) is 53.9 Å². The van der Waals surface area contributed by atoms with E-state index in [9.17, 15) is 33.9 Å². The fourth-order valence-electron chi connectivity index (χ4n) is 8.53. The third-order valence-corrected chi connectivity index (χ3v) is 12.3. The van der Waals surface area contributed by atoms with Crippen LogP contribution in [0.25, 0.3) is 22.3 Å². The number of ether oxygens (including phenoxy) is 5. The number of benzene rings is 1. The molecular weight excluding hydrogens is 853 g/mol. The highest BCUT2D eigenvalue weighted by molar-refractivity contribution is 5.91. The van der Waals surface area contributed by atoms with Crippen molar-refractivity contribution in [3.8, 4) is 17.1 Å². The maximum Gasteiger partial charge on any atom is 0.509 e. The van der Waals surface area contributed by atoms with E-state index in [1.165, 1.54) is 0 Å². The molecular formula is C48H62N6O12. The Morgan fingerprint density at radius 1 is 0.985 bits per heavy atom.